The summed E-state index contributed by atoms with van der Waals surface area (Å²) < 4.78 is 10.4. The van der Waals surface area contributed by atoms with Crippen molar-refractivity contribution in [3.05, 3.63) is 17.5 Å². The fourth-order valence-electron chi connectivity index (χ4n) is 3.06. The molecule has 1 atom stereocenters. The molecule has 0 N–H and O–H groups in total. The Morgan fingerprint density at radius 1 is 1.38 bits per heavy atom. The third kappa shape index (κ3) is 3.63. The van der Waals surface area contributed by atoms with E-state index in [0.717, 1.165) is 63.6 Å². The van der Waals surface area contributed by atoms with Crippen LogP contribution in [0.1, 0.15) is 24.3 Å². The SMILES string of the molecule is Cc1cc(CN2CCCN(C(=O)C3CCOC3)CC2)no1. The lowest BCUT2D eigenvalue weighted by molar-refractivity contribution is -0.135. The molecular formula is C15H23N3O3. The van der Waals surface area contributed by atoms with Gasteiger partial charge in [-0.3, -0.25) is 9.69 Å². The monoisotopic (exact) mass is 293 g/mol. The van der Waals surface area contributed by atoms with E-state index in [1.54, 1.807) is 0 Å². The van der Waals surface area contributed by atoms with Gasteiger partial charge in [0.05, 0.1) is 18.2 Å². The third-order valence-electron chi connectivity index (χ3n) is 4.24. The normalized spacial score (nSPS) is 24.2. The number of hydrogen-bond acceptors (Lipinski definition) is 5. The summed E-state index contributed by atoms with van der Waals surface area (Å²) in [5.74, 6) is 1.19. The first-order chi connectivity index (χ1) is 10.2. The smallest absolute Gasteiger partial charge is 0.228 e. The number of carbonyl (C=O) groups excluding carboxylic acids is 1. The van der Waals surface area contributed by atoms with Gasteiger partial charge in [-0.15, -0.1) is 0 Å². The van der Waals surface area contributed by atoms with E-state index < -0.39 is 0 Å². The molecule has 21 heavy (non-hydrogen) atoms. The Hall–Kier alpha value is -1.40. The lowest BCUT2D eigenvalue weighted by Gasteiger charge is -2.23. The summed E-state index contributed by atoms with van der Waals surface area (Å²) >= 11 is 0. The van der Waals surface area contributed by atoms with E-state index in [0.29, 0.717) is 6.61 Å². The van der Waals surface area contributed by atoms with Crippen LogP contribution in [0.15, 0.2) is 10.6 Å². The molecule has 2 aliphatic rings. The van der Waals surface area contributed by atoms with Crippen LogP contribution in [0.25, 0.3) is 0 Å². The van der Waals surface area contributed by atoms with Gasteiger partial charge in [0.15, 0.2) is 0 Å². The first kappa shape index (κ1) is 14.5. The lowest BCUT2D eigenvalue weighted by Crippen LogP contribution is -2.39. The standard InChI is InChI=1S/C15H23N3O3/c1-12-9-14(16-21-12)10-17-4-2-5-18(7-6-17)15(19)13-3-8-20-11-13/h9,13H,2-8,10-11H2,1H3. The van der Waals surface area contributed by atoms with E-state index in [1.165, 1.54) is 0 Å². The largest absolute Gasteiger partial charge is 0.381 e. The number of ether oxygens (including phenoxy) is 1. The molecule has 0 spiro atoms. The van der Waals surface area contributed by atoms with Crippen LogP contribution >= 0.6 is 0 Å². The molecule has 116 valence electrons. The molecule has 6 heteroatoms. The Morgan fingerprint density at radius 2 is 2.29 bits per heavy atom. The van der Waals surface area contributed by atoms with Gasteiger partial charge in [-0.05, 0) is 19.8 Å². The average Bonchev–Trinajstić information content (AvgIpc) is 3.08. The highest BCUT2D eigenvalue weighted by Gasteiger charge is 2.29. The number of aryl methyl sites for hydroxylation is 1. The van der Waals surface area contributed by atoms with Crippen LogP contribution in [0, 0.1) is 12.8 Å². The number of aromatic nitrogens is 1. The Kier molecular flexibility index (Phi) is 4.55. The summed E-state index contributed by atoms with van der Waals surface area (Å²) in [6.45, 7) is 7.56. The Labute approximate surface area is 125 Å². The minimum Gasteiger partial charge on any atom is -0.381 e. The van der Waals surface area contributed by atoms with E-state index in [-0.39, 0.29) is 11.8 Å². The molecule has 2 saturated heterocycles. The van der Waals surface area contributed by atoms with Gasteiger partial charge >= 0.3 is 0 Å². The zero-order valence-corrected chi connectivity index (χ0v) is 12.6. The average molecular weight is 293 g/mol. The second-order valence-corrected chi connectivity index (χ2v) is 5.94. The number of rotatable bonds is 3. The maximum absolute atomic E-state index is 12.4. The molecule has 0 saturated carbocycles. The number of amides is 1. The van der Waals surface area contributed by atoms with Crippen molar-refractivity contribution in [2.45, 2.75) is 26.3 Å². The summed E-state index contributed by atoms with van der Waals surface area (Å²) in [4.78, 5) is 16.8. The first-order valence-electron chi connectivity index (χ1n) is 7.73. The predicted octanol–water partition coefficient (Wildman–Crippen LogP) is 1.05. The Bertz CT molecular complexity index is 482. The van der Waals surface area contributed by atoms with E-state index >= 15 is 0 Å². The predicted molar refractivity (Wildman–Crippen MR) is 76.6 cm³/mol. The summed E-state index contributed by atoms with van der Waals surface area (Å²) in [6, 6.07) is 1.98. The molecule has 1 aromatic rings. The lowest BCUT2D eigenvalue weighted by atomic mass is 10.1. The van der Waals surface area contributed by atoms with E-state index in [4.69, 9.17) is 9.26 Å². The zero-order chi connectivity index (χ0) is 14.7. The minimum absolute atomic E-state index is 0.0785. The van der Waals surface area contributed by atoms with Crippen LogP contribution in [0.4, 0.5) is 0 Å². The zero-order valence-electron chi connectivity index (χ0n) is 12.6. The molecule has 1 aromatic heterocycles. The van der Waals surface area contributed by atoms with Crippen LogP contribution in [0.2, 0.25) is 0 Å². The fraction of sp³-hybridized carbons (Fsp3) is 0.733. The van der Waals surface area contributed by atoms with E-state index in [9.17, 15) is 4.79 Å². The topological polar surface area (TPSA) is 58.8 Å². The fourth-order valence-corrected chi connectivity index (χ4v) is 3.06. The summed E-state index contributed by atoms with van der Waals surface area (Å²) in [7, 11) is 0. The first-order valence-corrected chi connectivity index (χ1v) is 7.73. The number of carbonyl (C=O) groups is 1. The van der Waals surface area contributed by atoms with Crippen LogP contribution < -0.4 is 0 Å². The van der Waals surface area contributed by atoms with Crippen molar-refractivity contribution < 1.29 is 14.1 Å². The Balaban J connectivity index is 1.52. The molecule has 0 radical (unpaired) electrons. The van der Waals surface area contributed by atoms with Gasteiger partial charge in [-0.1, -0.05) is 5.16 Å². The van der Waals surface area contributed by atoms with Crippen LogP contribution in [0.3, 0.4) is 0 Å². The molecule has 0 bridgehead atoms. The van der Waals surface area contributed by atoms with Crippen LogP contribution in [-0.4, -0.2) is 60.3 Å². The second-order valence-electron chi connectivity index (χ2n) is 5.94. The molecule has 2 fully saturated rings. The number of hydrogen-bond donors (Lipinski definition) is 0. The molecule has 6 nitrogen and oxygen atoms in total. The highest BCUT2D eigenvalue weighted by Crippen LogP contribution is 2.17. The third-order valence-corrected chi connectivity index (χ3v) is 4.24. The van der Waals surface area contributed by atoms with E-state index in [2.05, 4.69) is 10.1 Å². The van der Waals surface area contributed by atoms with Crippen LogP contribution in [0.5, 0.6) is 0 Å². The van der Waals surface area contributed by atoms with Crippen molar-refractivity contribution in [1.29, 1.82) is 0 Å². The quantitative estimate of drug-likeness (QED) is 0.834. The molecule has 3 rings (SSSR count). The van der Waals surface area contributed by atoms with Gasteiger partial charge in [0, 0.05) is 45.4 Å². The summed E-state index contributed by atoms with van der Waals surface area (Å²) in [5.41, 5.74) is 0.969. The molecule has 1 unspecified atom stereocenters. The van der Waals surface area contributed by atoms with Gasteiger partial charge in [0.2, 0.25) is 5.91 Å². The van der Waals surface area contributed by atoms with Gasteiger partial charge in [-0.2, -0.15) is 0 Å². The van der Waals surface area contributed by atoms with Crippen molar-refractivity contribution in [3.8, 4) is 0 Å². The van der Waals surface area contributed by atoms with Crippen molar-refractivity contribution in [3.63, 3.8) is 0 Å². The highest BCUT2D eigenvalue weighted by molar-refractivity contribution is 5.79. The van der Waals surface area contributed by atoms with Gasteiger partial charge < -0.3 is 14.2 Å². The minimum atomic E-state index is 0.0785. The van der Waals surface area contributed by atoms with Crippen molar-refractivity contribution in [1.82, 2.24) is 15.0 Å². The molecule has 0 aliphatic carbocycles. The number of nitrogens with zero attached hydrogens (tertiary/aromatic N) is 3. The highest BCUT2D eigenvalue weighted by atomic mass is 16.5. The molecular weight excluding hydrogens is 270 g/mol. The van der Waals surface area contributed by atoms with Crippen molar-refractivity contribution >= 4 is 5.91 Å². The van der Waals surface area contributed by atoms with E-state index in [1.807, 2.05) is 17.9 Å². The van der Waals surface area contributed by atoms with Crippen molar-refractivity contribution in [2.24, 2.45) is 5.92 Å². The summed E-state index contributed by atoms with van der Waals surface area (Å²) in [6.07, 6.45) is 1.88. The molecule has 3 heterocycles. The van der Waals surface area contributed by atoms with Crippen LogP contribution in [-0.2, 0) is 16.1 Å². The Morgan fingerprint density at radius 3 is 3.00 bits per heavy atom. The molecule has 2 aliphatic heterocycles. The second kappa shape index (κ2) is 6.58. The van der Waals surface area contributed by atoms with Gasteiger partial charge in [0.25, 0.3) is 0 Å². The maximum atomic E-state index is 12.4. The molecule has 1 amide bonds. The van der Waals surface area contributed by atoms with Gasteiger partial charge in [0.1, 0.15) is 5.76 Å². The maximum Gasteiger partial charge on any atom is 0.228 e. The van der Waals surface area contributed by atoms with Gasteiger partial charge in [-0.25, -0.2) is 0 Å². The van der Waals surface area contributed by atoms with Crippen molar-refractivity contribution in [2.75, 3.05) is 39.4 Å². The molecule has 0 aromatic carbocycles. The summed E-state index contributed by atoms with van der Waals surface area (Å²) in [5, 5.41) is 4.04.